The van der Waals surface area contributed by atoms with Gasteiger partial charge in [0.1, 0.15) is 12.4 Å². The number of benzene rings is 3. The van der Waals surface area contributed by atoms with Gasteiger partial charge >= 0.3 is 5.97 Å². The summed E-state index contributed by atoms with van der Waals surface area (Å²) in [5, 5.41) is 6.62. The van der Waals surface area contributed by atoms with E-state index < -0.39 is 30.2 Å². The van der Waals surface area contributed by atoms with Gasteiger partial charge in [-0.05, 0) is 41.1 Å². The van der Waals surface area contributed by atoms with Crippen LogP contribution in [0.5, 0.6) is 0 Å². The molecule has 0 heterocycles. The highest BCUT2D eigenvalue weighted by atomic mass is 35.5. The Bertz CT molecular complexity index is 1090. The van der Waals surface area contributed by atoms with E-state index in [1.807, 2.05) is 30.3 Å². The van der Waals surface area contributed by atoms with Gasteiger partial charge in [0, 0.05) is 11.3 Å². The maximum Gasteiger partial charge on any atom is 0.325 e. The minimum atomic E-state index is -0.772. The summed E-state index contributed by atoms with van der Waals surface area (Å²) in [6.07, 6.45) is 0. The van der Waals surface area contributed by atoms with Gasteiger partial charge in [-0.3, -0.25) is 14.4 Å². The third-order valence-corrected chi connectivity index (χ3v) is 4.26. The van der Waals surface area contributed by atoms with Crippen molar-refractivity contribution in [1.82, 2.24) is 5.32 Å². The Hall–Kier alpha value is -3.45. The van der Waals surface area contributed by atoms with Crippen LogP contribution >= 0.6 is 11.6 Å². The Morgan fingerprint density at radius 3 is 2.48 bits per heavy atom. The molecule has 3 aromatic rings. The van der Waals surface area contributed by atoms with Crippen LogP contribution < -0.4 is 10.6 Å². The first-order valence-electron chi connectivity index (χ1n) is 8.60. The predicted molar refractivity (Wildman–Crippen MR) is 107 cm³/mol. The van der Waals surface area contributed by atoms with Gasteiger partial charge in [-0.1, -0.05) is 41.9 Å². The molecule has 3 rings (SSSR count). The Morgan fingerprint density at radius 2 is 1.72 bits per heavy atom. The molecule has 0 unspecified atom stereocenters. The van der Waals surface area contributed by atoms with Gasteiger partial charge < -0.3 is 15.4 Å². The van der Waals surface area contributed by atoms with Gasteiger partial charge in [0.2, 0.25) is 0 Å². The van der Waals surface area contributed by atoms with Crippen LogP contribution in [-0.4, -0.2) is 30.9 Å². The summed E-state index contributed by atoms with van der Waals surface area (Å²) in [7, 11) is 0. The van der Waals surface area contributed by atoms with Crippen LogP contribution in [0.2, 0.25) is 5.02 Å². The van der Waals surface area contributed by atoms with Crippen LogP contribution in [0.25, 0.3) is 10.8 Å². The van der Waals surface area contributed by atoms with Crippen molar-refractivity contribution in [2.24, 2.45) is 0 Å². The molecule has 0 atom stereocenters. The standard InChI is InChI=1S/C21H16ClFN2O4/c22-17-10-16(7-8-18(17)23)25-19(26)12-29-20(27)11-24-21(28)15-6-5-13-3-1-2-4-14(13)9-15/h1-10H,11-12H2,(H,24,28)(H,25,26). The van der Waals surface area contributed by atoms with Crippen LogP contribution in [0.3, 0.4) is 0 Å². The molecule has 0 saturated carbocycles. The Morgan fingerprint density at radius 1 is 0.966 bits per heavy atom. The van der Waals surface area contributed by atoms with E-state index >= 15 is 0 Å². The smallest absolute Gasteiger partial charge is 0.325 e. The number of hydrogen-bond donors (Lipinski definition) is 2. The maximum atomic E-state index is 13.1. The average molecular weight is 415 g/mol. The van der Waals surface area contributed by atoms with E-state index in [0.29, 0.717) is 5.56 Å². The van der Waals surface area contributed by atoms with Gasteiger partial charge in [0.05, 0.1) is 5.02 Å². The largest absolute Gasteiger partial charge is 0.454 e. The topological polar surface area (TPSA) is 84.5 Å². The summed E-state index contributed by atoms with van der Waals surface area (Å²) in [5.74, 6) is -2.44. The fraction of sp³-hybridized carbons (Fsp3) is 0.0952. The van der Waals surface area contributed by atoms with Gasteiger partial charge in [0.15, 0.2) is 6.61 Å². The highest BCUT2D eigenvalue weighted by molar-refractivity contribution is 6.31. The summed E-state index contributed by atoms with van der Waals surface area (Å²) in [5.41, 5.74) is 0.671. The van der Waals surface area contributed by atoms with Gasteiger partial charge in [-0.2, -0.15) is 0 Å². The number of hydrogen-bond acceptors (Lipinski definition) is 4. The molecule has 0 radical (unpaired) electrons. The van der Waals surface area contributed by atoms with E-state index in [4.69, 9.17) is 16.3 Å². The van der Waals surface area contributed by atoms with E-state index in [0.717, 1.165) is 16.8 Å². The molecule has 2 N–H and O–H groups in total. The third-order valence-electron chi connectivity index (χ3n) is 3.97. The summed E-state index contributed by atoms with van der Waals surface area (Å²) < 4.78 is 17.9. The molecular formula is C21H16ClFN2O4. The molecule has 0 bridgehead atoms. The average Bonchev–Trinajstić information content (AvgIpc) is 2.72. The predicted octanol–water partition coefficient (Wildman–Crippen LogP) is 3.54. The molecule has 2 amide bonds. The van der Waals surface area contributed by atoms with Crippen molar-refractivity contribution in [1.29, 1.82) is 0 Å². The lowest BCUT2D eigenvalue weighted by Crippen LogP contribution is -2.32. The minimum Gasteiger partial charge on any atom is -0.454 e. The van der Waals surface area contributed by atoms with E-state index in [-0.39, 0.29) is 17.3 Å². The number of carbonyl (C=O) groups is 3. The fourth-order valence-corrected chi connectivity index (χ4v) is 2.73. The van der Waals surface area contributed by atoms with Crippen LogP contribution in [-0.2, 0) is 14.3 Å². The first-order chi connectivity index (χ1) is 13.9. The zero-order valence-electron chi connectivity index (χ0n) is 15.1. The molecule has 0 fully saturated rings. The number of amides is 2. The second kappa shape index (κ2) is 9.16. The van der Waals surface area contributed by atoms with Gasteiger partial charge in [0.25, 0.3) is 11.8 Å². The number of halogens is 2. The SMILES string of the molecule is O=C(COC(=O)CNC(=O)c1ccc2ccccc2c1)Nc1ccc(F)c(Cl)c1. The van der Waals surface area contributed by atoms with Crippen molar-refractivity contribution in [2.45, 2.75) is 0 Å². The lowest BCUT2D eigenvalue weighted by molar-refractivity contribution is -0.146. The molecule has 0 aliphatic rings. The van der Waals surface area contributed by atoms with Crippen LogP contribution in [0.1, 0.15) is 10.4 Å². The maximum absolute atomic E-state index is 13.1. The Labute approximate surface area is 170 Å². The molecule has 29 heavy (non-hydrogen) atoms. The van der Waals surface area contributed by atoms with E-state index in [1.165, 1.54) is 12.1 Å². The minimum absolute atomic E-state index is 0.142. The number of nitrogens with one attached hydrogen (secondary N) is 2. The van der Waals surface area contributed by atoms with Crippen molar-refractivity contribution in [3.05, 3.63) is 77.1 Å². The highest BCUT2D eigenvalue weighted by Crippen LogP contribution is 2.19. The first kappa shape index (κ1) is 20.3. The van der Waals surface area contributed by atoms with Crippen molar-refractivity contribution in [2.75, 3.05) is 18.5 Å². The molecule has 0 spiro atoms. The fourth-order valence-electron chi connectivity index (χ4n) is 2.55. The number of fused-ring (bicyclic) bond motifs is 1. The lowest BCUT2D eigenvalue weighted by Gasteiger charge is -2.08. The number of esters is 1. The Balaban J connectivity index is 1.45. The van der Waals surface area contributed by atoms with Crippen LogP contribution in [0.4, 0.5) is 10.1 Å². The summed E-state index contributed by atoms with van der Waals surface area (Å²) in [6.45, 7) is -0.943. The number of rotatable bonds is 6. The molecule has 0 aromatic heterocycles. The molecule has 3 aromatic carbocycles. The molecule has 0 aliphatic heterocycles. The van der Waals surface area contributed by atoms with Crippen molar-refractivity contribution < 1.29 is 23.5 Å². The number of anilines is 1. The molecule has 0 saturated heterocycles. The van der Waals surface area contributed by atoms with Crippen molar-refractivity contribution in [3.8, 4) is 0 Å². The van der Waals surface area contributed by atoms with Gasteiger partial charge in [-0.15, -0.1) is 0 Å². The summed E-state index contributed by atoms with van der Waals surface area (Å²) >= 11 is 5.63. The quantitative estimate of drug-likeness (QED) is 0.604. The normalized spacial score (nSPS) is 10.4. The zero-order valence-corrected chi connectivity index (χ0v) is 15.8. The van der Waals surface area contributed by atoms with Crippen LogP contribution in [0, 0.1) is 5.82 Å². The third kappa shape index (κ3) is 5.52. The van der Waals surface area contributed by atoms with Crippen molar-refractivity contribution >= 4 is 45.8 Å². The second-order valence-corrected chi connectivity index (χ2v) is 6.49. The summed E-state index contributed by atoms with van der Waals surface area (Å²) in [4.78, 5) is 35.7. The number of carbonyl (C=O) groups excluding carboxylic acids is 3. The monoisotopic (exact) mass is 414 g/mol. The van der Waals surface area contributed by atoms with E-state index in [1.54, 1.807) is 12.1 Å². The molecule has 8 heteroatoms. The van der Waals surface area contributed by atoms with Crippen molar-refractivity contribution in [3.63, 3.8) is 0 Å². The number of ether oxygens (including phenoxy) is 1. The molecule has 6 nitrogen and oxygen atoms in total. The lowest BCUT2D eigenvalue weighted by atomic mass is 10.1. The highest BCUT2D eigenvalue weighted by Gasteiger charge is 2.12. The summed E-state index contributed by atoms with van der Waals surface area (Å²) in [6, 6.07) is 16.4. The van der Waals surface area contributed by atoms with E-state index in [2.05, 4.69) is 10.6 Å². The zero-order chi connectivity index (χ0) is 20.8. The van der Waals surface area contributed by atoms with Crippen LogP contribution in [0.15, 0.2) is 60.7 Å². The second-order valence-electron chi connectivity index (χ2n) is 6.08. The van der Waals surface area contributed by atoms with Gasteiger partial charge in [-0.25, -0.2) is 4.39 Å². The van der Waals surface area contributed by atoms with E-state index in [9.17, 15) is 18.8 Å². The molecule has 148 valence electrons. The first-order valence-corrected chi connectivity index (χ1v) is 8.98. The Kier molecular flexibility index (Phi) is 6.41. The molecule has 0 aliphatic carbocycles. The molecular weight excluding hydrogens is 399 g/mol.